The van der Waals surface area contributed by atoms with E-state index in [4.69, 9.17) is 4.74 Å². The summed E-state index contributed by atoms with van der Waals surface area (Å²) < 4.78 is 6.53. The Balaban J connectivity index is 2.30. The number of nitrogens with one attached hydrogen (secondary N) is 1. The third-order valence-electron chi connectivity index (χ3n) is 2.99. The zero-order valence-electron chi connectivity index (χ0n) is 14.3. The fourth-order valence-electron chi connectivity index (χ4n) is 1.99. The number of thiophene rings is 1. The van der Waals surface area contributed by atoms with E-state index in [1.807, 2.05) is 20.8 Å². The van der Waals surface area contributed by atoms with Crippen molar-refractivity contribution in [3.8, 4) is 0 Å². The Morgan fingerprint density at radius 1 is 1.50 bits per heavy atom. The van der Waals surface area contributed by atoms with Gasteiger partial charge in [0.1, 0.15) is 5.60 Å². The molecule has 1 rings (SSSR count). The number of hydrogen-bond acceptors (Lipinski definition) is 4. The van der Waals surface area contributed by atoms with E-state index in [-0.39, 0.29) is 6.09 Å². The highest BCUT2D eigenvalue weighted by Crippen LogP contribution is 2.26. The Labute approximate surface area is 146 Å². The Morgan fingerprint density at radius 2 is 2.14 bits per heavy atom. The van der Waals surface area contributed by atoms with Crippen LogP contribution in [0.2, 0.25) is 0 Å². The zero-order chi connectivity index (χ0) is 16.9. The maximum atomic E-state index is 11.9. The molecule has 1 unspecified atom stereocenters. The van der Waals surface area contributed by atoms with Crippen LogP contribution >= 0.6 is 27.3 Å². The van der Waals surface area contributed by atoms with E-state index < -0.39 is 5.60 Å². The van der Waals surface area contributed by atoms with Crippen molar-refractivity contribution in [3.63, 3.8) is 0 Å². The molecule has 0 spiro atoms. The second-order valence-electron chi connectivity index (χ2n) is 6.71. The Morgan fingerprint density at radius 3 is 2.64 bits per heavy atom. The number of hydrogen-bond donors (Lipinski definition) is 1. The molecule has 1 aromatic heterocycles. The Bertz CT molecular complexity index is 477. The lowest BCUT2D eigenvalue weighted by Crippen LogP contribution is -2.38. The van der Waals surface area contributed by atoms with Crippen LogP contribution in [0.15, 0.2) is 10.5 Å². The van der Waals surface area contributed by atoms with Crippen molar-refractivity contribution in [1.29, 1.82) is 0 Å². The van der Waals surface area contributed by atoms with Crippen molar-refractivity contribution in [2.75, 3.05) is 20.1 Å². The van der Waals surface area contributed by atoms with E-state index in [9.17, 15) is 4.79 Å². The van der Waals surface area contributed by atoms with Gasteiger partial charge in [-0.25, -0.2) is 4.79 Å². The molecule has 0 aromatic carbocycles. The average molecular weight is 391 g/mol. The van der Waals surface area contributed by atoms with Gasteiger partial charge in [-0.2, -0.15) is 0 Å². The van der Waals surface area contributed by atoms with Gasteiger partial charge in [-0.1, -0.05) is 6.92 Å². The largest absolute Gasteiger partial charge is 0.444 e. The highest BCUT2D eigenvalue weighted by molar-refractivity contribution is 9.10. The quantitative estimate of drug-likeness (QED) is 0.781. The summed E-state index contributed by atoms with van der Waals surface area (Å²) in [6.07, 6.45) is -0.267. The SMILES string of the molecule is Cc1sc(CNCC(C)CN(C)C(=O)OC(C)(C)C)cc1Br. The van der Waals surface area contributed by atoms with Crippen molar-refractivity contribution in [3.05, 3.63) is 20.3 Å². The van der Waals surface area contributed by atoms with Crippen LogP contribution in [0.5, 0.6) is 0 Å². The molecule has 0 saturated heterocycles. The molecule has 0 aliphatic heterocycles. The Kier molecular flexibility index (Phi) is 7.35. The number of carbonyl (C=O) groups is 1. The normalized spacial score (nSPS) is 13.0. The predicted octanol–water partition coefficient (Wildman–Crippen LogP) is 4.41. The van der Waals surface area contributed by atoms with Crippen LogP contribution in [0.25, 0.3) is 0 Å². The lowest BCUT2D eigenvalue weighted by atomic mass is 10.1. The molecule has 1 heterocycles. The standard InChI is InChI=1S/C16H27BrN2O2S/c1-11(10-19(6)15(20)21-16(3,4)5)8-18-9-13-7-14(17)12(2)22-13/h7,11,18H,8-10H2,1-6H3. The highest BCUT2D eigenvalue weighted by Gasteiger charge is 2.20. The van der Waals surface area contributed by atoms with Crippen LogP contribution in [0, 0.1) is 12.8 Å². The van der Waals surface area contributed by atoms with Crippen LogP contribution in [-0.4, -0.2) is 36.7 Å². The molecule has 0 saturated carbocycles. The van der Waals surface area contributed by atoms with E-state index in [0.29, 0.717) is 12.5 Å². The minimum atomic E-state index is -0.447. The van der Waals surface area contributed by atoms with Gasteiger partial charge in [0.2, 0.25) is 0 Å². The summed E-state index contributed by atoms with van der Waals surface area (Å²) >= 11 is 5.33. The molecule has 22 heavy (non-hydrogen) atoms. The molecule has 1 atom stereocenters. The van der Waals surface area contributed by atoms with Gasteiger partial charge in [0.25, 0.3) is 0 Å². The maximum Gasteiger partial charge on any atom is 0.410 e. The first-order valence-electron chi connectivity index (χ1n) is 7.48. The van der Waals surface area contributed by atoms with E-state index in [1.165, 1.54) is 14.2 Å². The fraction of sp³-hybridized carbons (Fsp3) is 0.688. The molecular weight excluding hydrogens is 364 g/mol. The molecule has 0 radical (unpaired) electrons. The van der Waals surface area contributed by atoms with Gasteiger partial charge < -0.3 is 15.0 Å². The van der Waals surface area contributed by atoms with Gasteiger partial charge in [0.15, 0.2) is 0 Å². The van der Waals surface area contributed by atoms with Gasteiger partial charge in [-0.05, 0) is 62.2 Å². The van der Waals surface area contributed by atoms with Gasteiger partial charge in [0.05, 0.1) is 0 Å². The minimum Gasteiger partial charge on any atom is -0.444 e. The first-order valence-corrected chi connectivity index (χ1v) is 9.09. The van der Waals surface area contributed by atoms with Gasteiger partial charge in [-0.3, -0.25) is 0 Å². The van der Waals surface area contributed by atoms with Crippen LogP contribution < -0.4 is 5.32 Å². The second kappa shape index (κ2) is 8.31. The Hall–Kier alpha value is -0.590. The molecule has 1 aromatic rings. The van der Waals surface area contributed by atoms with Crippen LogP contribution in [0.4, 0.5) is 4.79 Å². The molecule has 4 nitrogen and oxygen atoms in total. The molecule has 0 bridgehead atoms. The summed E-state index contributed by atoms with van der Waals surface area (Å²) in [4.78, 5) is 16.2. The van der Waals surface area contributed by atoms with E-state index in [1.54, 1.807) is 23.3 Å². The van der Waals surface area contributed by atoms with Gasteiger partial charge >= 0.3 is 6.09 Å². The summed E-state index contributed by atoms with van der Waals surface area (Å²) in [7, 11) is 1.78. The summed E-state index contributed by atoms with van der Waals surface area (Å²) in [5.41, 5.74) is -0.447. The average Bonchev–Trinajstić information content (AvgIpc) is 2.66. The van der Waals surface area contributed by atoms with Crippen molar-refractivity contribution in [2.45, 2.75) is 46.8 Å². The summed E-state index contributed by atoms with van der Waals surface area (Å²) in [6.45, 7) is 12.3. The lowest BCUT2D eigenvalue weighted by Gasteiger charge is -2.26. The number of carbonyl (C=O) groups excluding carboxylic acids is 1. The van der Waals surface area contributed by atoms with Crippen LogP contribution in [0.3, 0.4) is 0 Å². The first-order chi connectivity index (χ1) is 10.1. The zero-order valence-corrected chi connectivity index (χ0v) is 16.7. The predicted molar refractivity (Wildman–Crippen MR) is 96.5 cm³/mol. The molecule has 0 fully saturated rings. The molecule has 6 heteroatoms. The third kappa shape index (κ3) is 7.11. The highest BCUT2D eigenvalue weighted by atomic mass is 79.9. The smallest absolute Gasteiger partial charge is 0.410 e. The van der Waals surface area contributed by atoms with Crippen molar-refractivity contribution in [1.82, 2.24) is 10.2 Å². The summed E-state index contributed by atoms with van der Waals surface area (Å²) in [6, 6.07) is 2.16. The van der Waals surface area contributed by atoms with E-state index in [0.717, 1.165) is 13.1 Å². The molecule has 1 N–H and O–H groups in total. The fourth-order valence-corrected chi connectivity index (χ4v) is 3.56. The first kappa shape index (κ1) is 19.5. The lowest BCUT2D eigenvalue weighted by molar-refractivity contribution is 0.0277. The minimum absolute atomic E-state index is 0.267. The van der Waals surface area contributed by atoms with Crippen LogP contribution in [0.1, 0.15) is 37.4 Å². The van der Waals surface area contributed by atoms with Crippen molar-refractivity contribution >= 4 is 33.4 Å². The molecule has 0 aliphatic carbocycles. The van der Waals surface area contributed by atoms with Crippen molar-refractivity contribution < 1.29 is 9.53 Å². The number of nitrogens with zero attached hydrogens (tertiary/aromatic N) is 1. The van der Waals surface area contributed by atoms with Gasteiger partial charge in [0, 0.05) is 34.4 Å². The molecule has 1 amide bonds. The molecule has 126 valence electrons. The summed E-state index contributed by atoms with van der Waals surface area (Å²) in [5, 5.41) is 3.45. The third-order valence-corrected chi connectivity index (χ3v) is 5.13. The number of rotatable bonds is 6. The van der Waals surface area contributed by atoms with Crippen LogP contribution in [-0.2, 0) is 11.3 Å². The molecule has 0 aliphatic rings. The van der Waals surface area contributed by atoms with Crippen molar-refractivity contribution in [2.24, 2.45) is 5.92 Å². The number of halogens is 1. The molecular formula is C16H27BrN2O2S. The number of ether oxygens (including phenoxy) is 1. The number of aryl methyl sites for hydroxylation is 1. The topological polar surface area (TPSA) is 41.6 Å². The van der Waals surface area contributed by atoms with E-state index in [2.05, 4.69) is 41.2 Å². The second-order valence-corrected chi connectivity index (χ2v) is 8.91. The van der Waals surface area contributed by atoms with E-state index >= 15 is 0 Å². The summed E-state index contributed by atoms with van der Waals surface area (Å²) in [5.74, 6) is 0.363. The van der Waals surface area contributed by atoms with Gasteiger partial charge in [-0.15, -0.1) is 11.3 Å². The number of amides is 1. The maximum absolute atomic E-state index is 11.9. The monoisotopic (exact) mass is 390 g/mol.